The molecule has 0 spiro atoms. The molecule has 0 unspecified atom stereocenters. The van der Waals surface area contributed by atoms with Gasteiger partial charge in [-0.1, -0.05) is 0 Å². The molecule has 3 fully saturated rings. The van der Waals surface area contributed by atoms with Gasteiger partial charge in [0.05, 0.1) is 0 Å². The molecule has 76 valence electrons. The lowest BCUT2D eigenvalue weighted by atomic mass is 9.47. The first-order chi connectivity index (χ1) is 6.79. The maximum Gasteiger partial charge on any atom is 0.136 e. The van der Waals surface area contributed by atoms with Crippen LogP contribution in [-0.4, -0.2) is 11.6 Å². The summed E-state index contributed by atoms with van der Waals surface area (Å²) >= 11 is 0. The van der Waals surface area contributed by atoms with Crippen molar-refractivity contribution in [2.45, 2.75) is 38.5 Å². The second-order valence-corrected chi connectivity index (χ2v) is 5.10. The molecule has 0 bridgehead atoms. The lowest BCUT2D eigenvalue weighted by Gasteiger charge is -2.55. The smallest absolute Gasteiger partial charge is 0.136 e. The Bertz CT molecular complexity index is 265. The zero-order valence-electron chi connectivity index (χ0n) is 8.37. The highest BCUT2D eigenvalue weighted by atomic mass is 16.1. The van der Waals surface area contributed by atoms with Crippen LogP contribution in [0.3, 0.4) is 0 Å². The van der Waals surface area contributed by atoms with Gasteiger partial charge >= 0.3 is 0 Å². The van der Waals surface area contributed by atoms with Gasteiger partial charge in [0, 0.05) is 24.7 Å². The first-order valence-corrected chi connectivity index (χ1v) is 5.84. The first-order valence-electron chi connectivity index (χ1n) is 5.84. The molecule has 2 heteroatoms. The van der Waals surface area contributed by atoms with Crippen molar-refractivity contribution in [3.8, 4) is 0 Å². The van der Waals surface area contributed by atoms with Crippen LogP contribution >= 0.6 is 0 Å². The highest BCUT2D eigenvalue weighted by Crippen LogP contribution is 2.56. The summed E-state index contributed by atoms with van der Waals surface area (Å²) in [5.74, 6) is 2.26. The molecule has 0 amide bonds. The third-order valence-corrected chi connectivity index (χ3v) is 4.52. The van der Waals surface area contributed by atoms with Crippen molar-refractivity contribution < 1.29 is 9.59 Å². The predicted molar refractivity (Wildman–Crippen MR) is 51.7 cm³/mol. The van der Waals surface area contributed by atoms with Crippen LogP contribution in [0.25, 0.3) is 0 Å². The number of fused-ring (bicyclic) bond motifs is 4. The topological polar surface area (TPSA) is 34.1 Å². The molecule has 3 aliphatic rings. The first kappa shape index (κ1) is 8.63. The summed E-state index contributed by atoms with van der Waals surface area (Å²) in [4.78, 5) is 23.4. The number of hydrogen-bond donors (Lipinski definition) is 0. The van der Waals surface area contributed by atoms with E-state index >= 15 is 0 Å². The molecule has 0 aromatic heterocycles. The monoisotopic (exact) mass is 192 g/mol. The van der Waals surface area contributed by atoms with E-state index in [0.29, 0.717) is 23.4 Å². The highest BCUT2D eigenvalue weighted by Gasteiger charge is 2.57. The zero-order chi connectivity index (χ0) is 9.71. The Labute approximate surface area is 84.1 Å². The lowest BCUT2D eigenvalue weighted by molar-refractivity contribution is -0.160. The molecule has 3 saturated carbocycles. The van der Waals surface area contributed by atoms with Crippen LogP contribution < -0.4 is 0 Å². The molecule has 0 N–H and O–H groups in total. The van der Waals surface area contributed by atoms with E-state index in [1.54, 1.807) is 0 Å². The molecule has 4 atom stereocenters. The van der Waals surface area contributed by atoms with E-state index in [9.17, 15) is 9.59 Å². The Morgan fingerprint density at radius 3 is 1.64 bits per heavy atom. The van der Waals surface area contributed by atoms with E-state index in [-0.39, 0.29) is 11.8 Å². The van der Waals surface area contributed by atoms with Gasteiger partial charge in [-0.15, -0.1) is 0 Å². The van der Waals surface area contributed by atoms with Gasteiger partial charge in [-0.3, -0.25) is 9.59 Å². The number of carbonyl (C=O) groups is 2. The van der Waals surface area contributed by atoms with Crippen molar-refractivity contribution in [1.82, 2.24) is 0 Å². The third kappa shape index (κ3) is 0.971. The zero-order valence-corrected chi connectivity index (χ0v) is 8.37. The molecule has 0 aromatic rings. The van der Waals surface area contributed by atoms with Gasteiger partial charge < -0.3 is 0 Å². The third-order valence-electron chi connectivity index (χ3n) is 4.52. The quantitative estimate of drug-likeness (QED) is 0.588. The fourth-order valence-corrected chi connectivity index (χ4v) is 3.94. The molecule has 3 rings (SSSR count). The summed E-state index contributed by atoms with van der Waals surface area (Å²) in [6.45, 7) is 0. The number of ketones is 2. The van der Waals surface area contributed by atoms with Gasteiger partial charge in [-0.25, -0.2) is 0 Å². The molecular formula is C12H16O2. The van der Waals surface area contributed by atoms with Gasteiger partial charge in [-0.05, 0) is 37.5 Å². The Kier molecular flexibility index (Phi) is 1.80. The summed E-state index contributed by atoms with van der Waals surface area (Å²) in [6, 6.07) is 0. The molecular weight excluding hydrogens is 176 g/mol. The number of Topliss-reactive ketones (excluding diaryl/α,β-unsaturated/α-hetero) is 2. The molecule has 14 heavy (non-hydrogen) atoms. The van der Waals surface area contributed by atoms with E-state index in [1.165, 1.54) is 12.8 Å². The van der Waals surface area contributed by atoms with E-state index < -0.39 is 0 Å². The maximum atomic E-state index is 11.7. The van der Waals surface area contributed by atoms with Gasteiger partial charge in [0.2, 0.25) is 0 Å². The molecule has 0 heterocycles. The summed E-state index contributed by atoms with van der Waals surface area (Å²) < 4.78 is 0. The summed E-state index contributed by atoms with van der Waals surface area (Å²) in [6.07, 6.45) is 6.00. The van der Waals surface area contributed by atoms with Gasteiger partial charge in [0.1, 0.15) is 11.6 Å². The van der Waals surface area contributed by atoms with Crippen LogP contribution in [0, 0.1) is 23.7 Å². The molecule has 3 aliphatic carbocycles. The number of carbonyl (C=O) groups excluding carboxylic acids is 2. The Morgan fingerprint density at radius 1 is 0.786 bits per heavy atom. The second-order valence-electron chi connectivity index (χ2n) is 5.10. The van der Waals surface area contributed by atoms with Gasteiger partial charge in [0.25, 0.3) is 0 Å². The van der Waals surface area contributed by atoms with E-state index in [4.69, 9.17) is 0 Å². The van der Waals surface area contributed by atoms with Crippen LogP contribution in [0.15, 0.2) is 0 Å². The number of hydrogen-bond acceptors (Lipinski definition) is 2. The van der Waals surface area contributed by atoms with E-state index in [1.807, 2.05) is 0 Å². The van der Waals surface area contributed by atoms with Crippen molar-refractivity contribution in [3.63, 3.8) is 0 Å². The highest BCUT2D eigenvalue weighted by molar-refractivity contribution is 5.93. The van der Waals surface area contributed by atoms with Crippen molar-refractivity contribution in [1.29, 1.82) is 0 Å². The fourth-order valence-electron chi connectivity index (χ4n) is 3.94. The summed E-state index contributed by atoms with van der Waals surface area (Å²) in [5.41, 5.74) is 0. The molecule has 2 nitrogen and oxygen atoms in total. The molecule has 0 saturated heterocycles. The summed E-state index contributed by atoms with van der Waals surface area (Å²) in [5, 5.41) is 0. The van der Waals surface area contributed by atoms with Crippen LogP contribution in [0.1, 0.15) is 38.5 Å². The minimum atomic E-state index is 0.154. The largest absolute Gasteiger partial charge is 0.299 e. The van der Waals surface area contributed by atoms with Gasteiger partial charge in [0.15, 0.2) is 0 Å². The Morgan fingerprint density at radius 2 is 1.21 bits per heavy atom. The van der Waals surface area contributed by atoms with E-state index in [0.717, 1.165) is 25.7 Å². The van der Waals surface area contributed by atoms with Gasteiger partial charge in [-0.2, -0.15) is 0 Å². The fraction of sp³-hybridized carbons (Fsp3) is 0.833. The van der Waals surface area contributed by atoms with Crippen molar-refractivity contribution in [2.24, 2.45) is 23.7 Å². The standard InChI is InChI=1S/C12H16O2/c13-9-5-1-3-7-8-4-2-6-10(14)12(8)11(7)9/h7-8,11-12H,1-6H2/t7-,8+,11-,12-/m0/s1. The summed E-state index contributed by atoms with van der Waals surface area (Å²) in [7, 11) is 0. The average molecular weight is 192 g/mol. The second kappa shape index (κ2) is 2.91. The lowest BCUT2D eigenvalue weighted by Crippen LogP contribution is -2.57. The van der Waals surface area contributed by atoms with Crippen LogP contribution in [0.2, 0.25) is 0 Å². The van der Waals surface area contributed by atoms with E-state index in [2.05, 4.69) is 0 Å². The predicted octanol–water partition coefficient (Wildman–Crippen LogP) is 1.97. The minimum absolute atomic E-state index is 0.154. The minimum Gasteiger partial charge on any atom is -0.299 e. The van der Waals surface area contributed by atoms with Crippen molar-refractivity contribution >= 4 is 11.6 Å². The normalized spacial score (nSPS) is 46.6. The Balaban J connectivity index is 1.86. The maximum absolute atomic E-state index is 11.7. The average Bonchev–Trinajstić information content (AvgIpc) is 2.14. The molecule has 0 aliphatic heterocycles. The van der Waals surface area contributed by atoms with Crippen LogP contribution in [-0.2, 0) is 9.59 Å². The van der Waals surface area contributed by atoms with Crippen molar-refractivity contribution in [3.05, 3.63) is 0 Å². The Hall–Kier alpha value is -0.660. The molecule has 0 aromatic carbocycles. The molecule has 0 radical (unpaired) electrons. The van der Waals surface area contributed by atoms with Crippen LogP contribution in [0.4, 0.5) is 0 Å². The number of rotatable bonds is 0. The SMILES string of the molecule is O=C1CCC[C@@H]2[C@@H]3CCCC(=O)[C@H]3[C@H]12. The van der Waals surface area contributed by atoms with Crippen molar-refractivity contribution in [2.75, 3.05) is 0 Å². The van der Waals surface area contributed by atoms with Crippen LogP contribution in [0.5, 0.6) is 0 Å².